The number of nitrogens with two attached hydrogens (primary N) is 1. The van der Waals surface area contributed by atoms with Crippen molar-refractivity contribution in [3.63, 3.8) is 0 Å². The van der Waals surface area contributed by atoms with E-state index in [-0.39, 0.29) is 12.5 Å². The highest BCUT2D eigenvalue weighted by Gasteiger charge is 2.19. The van der Waals surface area contributed by atoms with Gasteiger partial charge in [0.1, 0.15) is 0 Å². The van der Waals surface area contributed by atoms with Crippen molar-refractivity contribution in [2.24, 2.45) is 23.5 Å². The summed E-state index contributed by atoms with van der Waals surface area (Å²) in [7, 11) is 0. The van der Waals surface area contributed by atoms with Crippen molar-refractivity contribution < 1.29 is 5.11 Å². The van der Waals surface area contributed by atoms with Crippen LogP contribution in [0.3, 0.4) is 0 Å². The first-order chi connectivity index (χ1) is 5.17. The Morgan fingerprint density at radius 1 is 1.36 bits per heavy atom. The Kier molecular flexibility index (Phi) is 5.51. The Labute approximate surface area is 69.8 Å². The summed E-state index contributed by atoms with van der Waals surface area (Å²) >= 11 is 0. The highest BCUT2D eigenvalue weighted by atomic mass is 16.3. The number of hydrogen-bond acceptors (Lipinski definition) is 2. The van der Waals surface area contributed by atoms with Crippen LogP contribution in [0.25, 0.3) is 0 Å². The molecule has 0 aliphatic carbocycles. The zero-order valence-corrected chi connectivity index (χ0v) is 7.88. The molecule has 0 aliphatic rings. The molecule has 0 saturated heterocycles. The van der Waals surface area contributed by atoms with Gasteiger partial charge in [-0.05, 0) is 24.3 Å². The van der Waals surface area contributed by atoms with Crippen LogP contribution in [0, 0.1) is 17.8 Å². The van der Waals surface area contributed by atoms with Gasteiger partial charge < -0.3 is 10.8 Å². The molecule has 0 aromatic carbocycles. The van der Waals surface area contributed by atoms with E-state index >= 15 is 0 Å². The Bertz CT molecular complexity index is 91.6. The molecule has 0 aliphatic heterocycles. The van der Waals surface area contributed by atoms with Crippen LogP contribution in [0.4, 0.5) is 0 Å². The first kappa shape index (κ1) is 10.9. The van der Waals surface area contributed by atoms with Gasteiger partial charge >= 0.3 is 0 Å². The summed E-state index contributed by atoms with van der Waals surface area (Å²) in [6.45, 7) is 7.38. The van der Waals surface area contributed by atoms with E-state index in [0.717, 1.165) is 6.42 Å². The quantitative estimate of drug-likeness (QED) is 0.634. The summed E-state index contributed by atoms with van der Waals surface area (Å²) in [5, 5.41) is 8.96. The van der Waals surface area contributed by atoms with Crippen molar-refractivity contribution in [3.8, 4) is 0 Å². The molecule has 3 N–H and O–H groups in total. The van der Waals surface area contributed by atoms with E-state index in [2.05, 4.69) is 20.8 Å². The van der Waals surface area contributed by atoms with Gasteiger partial charge in [0.25, 0.3) is 0 Å². The number of aliphatic hydroxyl groups excluding tert-OH is 1. The maximum absolute atomic E-state index is 8.96. The maximum atomic E-state index is 8.96. The van der Waals surface area contributed by atoms with Crippen LogP contribution in [-0.2, 0) is 0 Å². The topological polar surface area (TPSA) is 46.2 Å². The third kappa shape index (κ3) is 3.21. The molecule has 68 valence electrons. The third-order valence-electron chi connectivity index (χ3n) is 2.82. The second-order valence-electron chi connectivity index (χ2n) is 3.42. The molecule has 0 bridgehead atoms. The Morgan fingerprint density at radius 3 is 2.18 bits per heavy atom. The molecule has 0 fully saturated rings. The molecule has 0 rings (SSSR count). The van der Waals surface area contributed by atoms with E-state index in [1.165, 1.54) is 0 Å². The van der Waals surface area contributed by atoms with E-state index in [4.69, 9.17) is 10.8 Å². The van der Waals surface area contributed by atoms with Gasteiger partial charge in [-0.3, -0.25) is 0 Å². The molecule has 0 aromatic heterocycles. The van der Waals surface area contributed by atoms with Gasteiger partial charge in [0, 0.05) is 6.61 Å². The summed E-state index contributed by atoms with van der Waals surface area (Å²) in [6.07, 6.45) is 1.16. The lowest BCUT2D eigenvalue weighted by atomic mass is 9.83. The van der Waals surface area contributed by atoms with E-state index in [0.29, 0.717) is 18.4 Å². The molecule has 1 unspecified atom stereocenters. The van der Waals surface area contributed by atoms with Crippen LogP contribution in [0.2, 0.25) is 0 Å². The molecular weight excluding hydrogens is 138 g/mol. The van der Waals surface area contributed by atoms with Crippen LogP contribution in [-0.4, -0.2) is 18.3 Å². The highest BCUT2D eigenvalue weighted by Crippen LogP contribution is 2.21. The maximum Gasteiger partial charge on any atom is 0.0473 e. The van der Waals surface area contributed by atoms with E-state index < -0.39 is 0 Å². The smallest absolute Gasteiger partial charge is 0.0473 e. The molecular formula is C9H21NO. The van der Waals surface area contributed by atoms with Crippen LogP contribution in [0.5, 0.6) is 0 Å². The van der Waals surface area contributed by atoms with Crippen molar-refractivity contribution in [1.82, 2.24) is 0 Å². The van der Waals surface area contributed by atoms with E-state index in [1.807, 2.05) is 0 Å². The first-order valence-corrected chi connectivity index (χ1v) is 4.48. The van der Waals surface area contributed by atoms with Crippen LogP contribution >= 0.6 is 0 Å². The van der Waals surface area contributed by atoms with Crippen molar-refractivity contribution in [3.05, 3.63) is 0 Å². The average Bonchev–Trinajstić information content (AvgIpc) is 2.05. The number of hydrogen-bond donors (Lipinski definition) is 2. The molecule has 0 heterocycles. The Balaban J connectivity index is 3.86. The SMILES string of the molecule is CC[C@H](C)[C@@H](C)C(CN)CO. The molecule has 3 atom stereocenters. The molecule has 0 aromatic rings. The molecule has 0 radical (unpaired) electrons. The summed E-state index contributed by atoms with van der Waals surface area (Å²) in [5.41, 5.74) is 5.52. The predicted octanol–water partition coefficient (Wildman–Crippen LogP) is 1.24. The van der Waals surface area contributed by atoms with Crippen molar-refractivity contribution in [2.45, 2.75) is 27.2 Å². The van der Waals surface area contributed by atoms with Crippen LogP contribution < -0.4 is 5.73 Å². The normalized spacial score (nSPS) is 19.4. The average molecular weight is 159 g/mol. The van der Waals surface area contributed by atoms with Gasteiger partial charge in [-0.15, -0.1) is 0 Å². The molecule has 0 amide bonds. The lowest BCUT2D eigenvalue weighted by molar-refractivity contribution is 0.155. The predicted molar refractivity (Wildman–Crippen MR) is 48.2 cm³/mol. The fraction of sp³-hybridized carbons (Fsp3) is 1.00. The second kappa shape index (κ2) is 5.56. The lowest BCUT2D eigenvalue weighted by Gasteiger charge is -2.25. The number of rotatable bonds is 5. The standard InChI is InChI=1S/C9H21NO/c1-4-7(2)8(3)9(5-10)6-11/h7-9,11H,4-6,10H2,1-3H3/t7-,8+,9?/m0/s1. The van der Waals surface area contributed by atoms with Crippen molar-refractivity contribution >= 4 is 0 Å². The van der Waals surface area contributed by atoms with Gasteiger partial charge in [-0.2, -0.15) is 0 Å². The fourth-order valence-corrected chi connectivity index (χ4v) is 1.29. The van der Waals surface area contributed by atoms with Gasteiger partial charge in [0.05, 0.1) is 0 Å². The molecule has 0 spiro atoms. The lowest BCUT2D eigenvalue weighted by Crippen LogP contribution is -2.28. The Hall–Kier alpha value is -0.0800. The van der Waals surface area contributed by atoms with E-state index in [1.54, 1.807) is 0 Å². The molecule has 2 nitrogen and oxygen atoms in total. The summed E-state index contributed by atoms with van der Waals surface area (Å²) in [5.74, 6) is 1.48. The minimum absolute atomic E-state index is 0.224. The zero-order chi connectivity index (χ0) is 8.85. The summed E-state index contributed by atoms with van der Waals surface area (Å²) in [4.78, 5) is 0. The molecule has 11 heavy (non-hydrogen) atoms. The molecule has 0 saturated carbocycles. The largest absolute Gasteiger partial charge is 0.396 e. The van der Waals surface area contributed by atoms with Gasteiger partial charge in [-0.25, -0.2) is 0 Å². The fourth-order valence-electron chi connectivity index (χ4n) is 1.29. The first-order valence-electron chi connectivity index (χ1n) is 4.48. The second-order valence-corrected chi connectivity index (χ2v) is 3.42. The summed E-state index contributed by atoms with van der Waals surface area (Å²) < 4.78 is 0. The van der Waals surface area contributed by atoms with Crippen LogP contribution in [0.15, 0.2) is 0 Å². The highest BCUT2D eigenvalue weighted by molar-refractivity contribution is 4.70. The van der Waals surface area contributed by atoms with Crippen molar-refractivity contribution in [1.29, 1.82) is 0 Å². The minimum Gasteiger partial charge on any atom is -0.396 e. The molecule has 2 heteroatoms. The van der Waals surface area contributed by atoms with Crippen molar-refractivity contribution in [2.75, 3.05) is 13.2 Å². The minimum atomic E-state index is 0.224. The number of aliphatic hydroxyl groups is 1. The Morgan fingerprint density at radius 2 is 1.91 bits per heavy atom. The van der Waals surface area contributed by atoms with Gasteiger partial charge in [0.2, 0.25) is 0 Å². The summed E-state index contributed by atoms with van der Waals surface area (Å²) in [6, 6.07) is 0. The van der Waals surface area contributed by atoms with Gasteiger partial charge in [0.15, 0.2) is 0 Å². The monoisotopic (exact) mass is 159 g/mol. The third-order valence-corrected chi connectivity index (χ3v) is 2.82. The van der Waals surface area contributed by atoms with Gasteiger partial charge in [-0.1, -0.05) is 27.2 Å². The van der Waals surface area contributed by atoms with Crippen LogP contribution in [0.1, 0.15) is 27.2 Å². The zero-order valence-electron chi connectivity index (χ0n) is 7.88. The van der Waals surface area contributed by atoms with E-state index in [9.17, 15) is 0 Å².